The Morgan fingerprint density at radius 3 is 2.33 bits per heavy atom. The van der Waals surface area contributed by atoms with E-state index in [0.717, 1.165) is 12.8 Å². The number of nitrogens with one attached hydrogen (secondary N) is 1. The highest BCUT2D eigenvalue weighted by Crippen LogP contribution is 2.14. The summed E-state index contributed by atoms with van der Waals surface area (Å²) >= 11 is 0. The molecular weight excluding hydrogens is 272 g/mol. The molecule has 2 N–H and O–H groups in total. The Kier molecular flexibility index (Phi) is 11.9. The Hall–Kier alpha value is -1.30. The SMILES string of the molecule is C.CC.COC(=O)NC(C(=O)N1CCC[C@H](O)C1)C(C)C. The molecule has 1 heterocycles. The molecule has 0 aromatic heterocycles. The van der Waals surface area contributed by atoms with Gasteiger partial charge in [0.25, 0.3) is 0 Å². The average Bonchev–Trinajstić information content (AvgIpc) is 2.45. The summed E-state index contributed by atoms with van der Waals surface area (Å²) in [6.45, 7) is 8.69. The first kappa shape index (κ1) is 22.0. The van der Waals surface area contributed by atoms with Crippen LogP contribution in [0.2, 0.25) is 0 Å². The van der Waals surface area contributed by atoms with Gasteiger partial charge in [-0.05, 0) is 18.8 Å². The molecule has 1 saturated heterocycles. The Bertz CT molecular complexity index is 308. The molecule has 0 saturated carbocycles. The van der Waals surface area contributed by atoms with Crippen LogP contribution in [0.4, 0.5) is 4.79 Å². The third-order valence-corrected chi connectivity index (χ3v) is 3.10. The number of methoxy groups -OCH3 is 1. The number of carbonyl (C=O) groups excluding carboxylic acids is 2. The second-order valence-electron chi connectivity index (χ2n) is 4.94. The molecule has 6 nitrogen and oxygen atoms in total. The summed E-state index contributed by atoms with van der Waals surface area (Å²) in [5, 5.41) is 12.1. The van der Waals surface area contributed by atoms with E-state index in [1.807, 2.05) is 27.7 Å². The van der Waals surface area contributed by atoms with Gasteiger partial charge in [0.2, 0.25) is 5.91 Å². The fraction of sp³-hybridized carbons (Fsp3) is 0.867. The van der Waals surface area contributed by atoms with E-state index in [1.54, 1.807) is 4.90 Å². The van der Waals surface area contributed by atoms with Gasteiger partial charge in [0.05, 0.1) is 13.2 Å². The lowest BCUT2D eigenvalue weighted by molar-refractivity contribution is -0.137. The number of rotatable bonds is 3. The lowest BCUT2D eigenvalue weighted by atomic mass is 10.0. The van der Waals surface area contributed by atoms with Crippen LogP contribution in [0, 0.1) is 5.92 Å². The van der Waals surface area contributed by atoms with E-state index >= 15 is 0 Å². The van der Waals surface area contributed by atoms with E-state index in [4.69, 9.17) is 0 Å². The van der Waals surface area contributed by atoms with Crippen molar-refractivity contribution < 1.29 is 19.4 Å². The zero-order valence-electron chi connectivity index (χ0n) is 13.2. The number of aliphatic hydroxyl groups excluding tert-OH is 1. The zero-order chi connectivity index (χ0) is 15.7. The molecule has 1 fully saturated rings. The van der Waals surface area contributed by atoms with Crippen LogP contribution in [0.25, 0.3) is 0 Å². The van der Waals surface area contributed by atoms with E-state index < -0.39 is 18.2 Å². The third-order valence-electron chi connectivity index (χ3n) is 3.10. The Morgan fingerprint density at radius 2 is 1.90 bits per heavy atom. The zero-order valence-corrected chi connectivity index (χ0v) is 13.2. The van der Waals surface area contributed by atoms with Gasteiger partial charge in [0.15, 0.2) is 0 Å². The van der Waals surface area contributed by atoms with E-state index in [1.165, 1.54) is 7.11 Å². The van der Waals surface area contributed by atoms with Crippen molar-refractivity contribution in [2.45, 2.75) is 60.1 Å². The second-order valence-corrected chi connectivity index (χ2v) is 4.94. The van der Waals surface area contributed by atoms with E-state index in [9.17, 15) is 14.7 Å². The topological polar surface area (TPSA) is 78.9 Å². The van der Waals surface area contributed by atoms with Crippen molar-refractivity contribution in [3.8, 4) is 0 Å². The summed E-state index contributed by atoms with van der Waals surface area (Å²) in [6, 6.07) is -0.609. The molecule has 0 bridgehead atoms. The summed E-state index contributed by atoms with van der Waals surface area (Å²) in [7, 11) is 1.27. The highest BCUT2D eigenvalue weighted by Gasteiger charge is 2.31. The maximum Gasteiger partial charge on any atom is 0.407 e. The van der Waals surface area contributed by atoms with Gasteiger partial charge in [0.1, 0.15) is 6.04 Å². The maximum absolute atomic E-state index is 12.3. The monoisotopic (exact) mass is 304 g/mol. The van der Waals surface area contributed by atoms with Crippen molar-refractivity contribution in [2.75, 3.05) is 20.2 Å². The molecule has 0 radical (unpaired) electrons. The average molecular weight is 304 g/mol. The standard InChI is InChI=1S/C12H22N2O4.C2H6.CH4/c1-8(2)10(13-12(17)18-3)11(16)14-6-4-5-9(15)7-14;1-2;/h8-10,15H,4-7H2,1-3H3,(H,13,17);1-2H3;1H4/t9-,10?;;/m0../s1. The first-order valence-electron chi connectivity index (χ1n) is 7.27. The van der Waals surface area contributed by atoms with E-state index in [0.29, 0.717) is 13.1 Å². The molecule has 6 heteroatoms. The number of piperidine rings is 1. The number of ether oxygens (including phenoxy) is 1. The molecule has 126 valence electrons. The molecule has 21 heavy (non-hydrogen) atoms. The Balaban J connectivity index is 0. The highest BCUT2D eigenvalue weighted by atomic mass is 16.5. The van der Waals surface area contributed by atoms with Crippen molar-refractivity contribution in [3.05, 3.63) is 0 Å². The lowest BCUT2D eigenvalue weighted by Crippen LogP contribution is -2.54. The van der Waals surface area contributed by atoms with Crippen LogP contribution in [-0.2, 0) is 9.53 Å². The van der Waals surface area contributed by atoms with E-state index in [-0.39, 0.29) is 19.3 Å². The quantitative estimate of drug-likeness (QED) is 0.836. The number of hydrogen-bond acceptors (Lipinski definition) is 4. The van der Waals surface area contributed by atoms with Gasteiger partial charge >= 0.3 is 6.09 Å². The van der Waals surface area contributed by atoms with Gasteiger partial charge in [-0.15, -0.1) is 0 Å². The summed E-state index contributed by atoms with van der Waals surface area (Å²) in [4.78, 5) is 25.1. The van der Waals surface area contributed by atoms with Crippen molar-refractivity contribution in [2.24, 2.45) is 5.92 Å². The summed E-state index contributed by atoms with van der Waals surface area (Å²) in [5.41, 5.74) is 0. The van der Waals surface area contributed by atoms with Gasteiger partial charge in [-0.2, -0.15) is 0 Å². The van der Waals surface area contributed by atoms with Crippen LogP contribution < -0.4 is 5.32 Å². The normalized spacial score (nSPS) is 18.8. The van der Waals surface area contributed by atoms with Gasteiger partial charge in [-0.3, -0.25) is 4.79 Å². The molecule has 2 amide bonds. The largest absolute Gasteiger partial charge is 0.453 e. The molecule has 2 atom stereocenters. The molecule has 0 aliphatic carbocycles. The van der Waals surface area contributed by atoms with Gasteiger partial charge in [-0.25, -0.2) is 4.79 Å². The lowest BCUT2D eigenvalue weighted by Gasteiger charge is -2.34. The van der Waals surface area contributed by atoms with E-state index in [2.05, 4.69) is 10.1 Å². The second kappa shape index (κ2) is 11.4. The van der Waals surface area contributed by atoms with Crippen LogP contribution in [0.1, 0.15) is 48.0 Å². The van der Waals surface area contributed by atoms with Crippen molar-refractivity contribution in [1.29, 1.82) is 0 Å². The van der Waals surface area contributed by atoms with Gasteiger partial charge in [-0.1, -0.05) is 35.1 Å². The first-order valence-corrected chi connectivity index (χ1v) is 7.27. The van der Waals surface area contributed by atoms with Gasteiger partial charge < -0.3 is 20.1 Å². The number of alkyl carbamates (subject to hydrolysis) is 1. The molecule has 0 aromatic rings. The predicted octanol–water partition coefficient (Wildman–Crippen LogP) is 2.01. The summed E-state index contributed by atoms with van der Waals surface area (Å²) in [6.07, 6.45) is 0.435. The Morgan fingerprint density at radius 1 is 1.33 bits per heavy atom. The molecule has 1 aliphatic heterocycles. The van der Waals surface area contributed by atoms with Crippen molar-refractivity contribution >= 4 is 12.0 Å². The fourth-order valence-corrected chi connectivity index (χ4v) is 2.05. The Labute approximate surface area is 128 Å². The minimum Gasteiger partial charge on any atom is -0.453 e. The van der Waals surface area contributed by atoms with Crippen LogP contribution in [0.5, 0.6) is 0 Å². The van der Waals surface area contributed by atoms with Crippen LogP contribution in [0.15, 0.2) is 0 Å². The number of hydrogen-bond donors (Lipinski definition) is 2. The molecular formula is C15H32N2O4. The summed E-state index contributed by atoms with van der Waals surface area (Å²) < 4.78 is 4.52. The number of aliphatic hydroxyl groups is 1. The maximum atomic E-state index is 12.3. The predicted molar refractivity (Wildman–Crippen MR) is 84.1 cm³/mol. The van der Waals surface area contributed by atoms with Crippen LogP contribution in [-0.4, -0.2) is 54.4 Å². The van der Waals surface area contributed by atoms with Crippen LogP contribution >= 0.6 is 0 Å². The molecule has 0 spiro atoms. The van der Waals surface area contributed by atoms with Crippen molar-refractivity contribution in [3.63, 3.8) is 0 Å². The molecule has 1 unspecified atom stereocenters. The number of amides is 2. The fourth-order valence-electron chi connectivity index (χ4n) is 2.05. The number of likely N-dealkylation sites (tertiary alicyclic amines) is 1. The third kappa shape index (κ3) is 7.32. The minimum atomic E-state index is -0.611. The molecule has 0 aromatic carbocycles. The number of carbonyl (C=O) groups is 2. The smallest absolute Gasteiger partial charge is 0.407 e. The number of β-amino-alcohol motifs (C(OH)–C–C–N with tert-alkyl or cyclic N) is 1. The molecule has 1 rings (SSSR count). The van der Waals surface area contributed by atoms with Crippen molar-refractivity contribution in [1.82, 2.24) is 10.2 Å². The van der Waals surface area contributed by atoms with Crippen LogP contribution in [0.3, 0.4) is 0 Å². The summed E-state index contributed by atoms with van der Waals surface area (Å²) in [5.74, 6) is -0.190. The first-order chi connectivity index (χ1) is 9.45. The van der Waals surface area contributed by atoms with Gasteiger partial charge in [0, 0.05) is 13.1 Å². The highest BCUT2D eigenvalue weighted by molar-refractivity contribution is 5.86. The number of nitrogens with zero attached hydrogens (tertiary/aromatic N) is 1. The molecule has 1 aliphatic rings. The minimum absolute atomic E-state index is 0.